The number of fused-ring (bicyclic) bond motifs is 2. The van der Waals surface area contributed by atoms with E-state index in [0.29, 0.717) is 5.65 Å². The van der Waals surface area contributed by atoms with Crippen molar-refractivity contribution in [1.29, 1.82) is 0 Å². The number of nitrogens with one attached hydrogen (secondary N) is 2. The van der Waals surface area contributed by atoms with Crippen LogP contribution in [-0.2, 0) is 13.0 Å². The Morgan fingerprint density at radius 2 is 2.14 bits per heavy atom. The van der Waals surface area contributed by atoms with Crippen molar-refractivity contribution in [1.82, 2.24) is 19.9 Å². The first-order valence-corrected chi connectivity index (χ1v) is 6.56. The number of H-pyrrole nitrogens is 1. The van der Waals surface area contributed by atoms with Crippen LogP contribution >= 0.6 is 12.4 Å². The molecule has 2 heterocycles. The highest BCUT2D eigenvalue weighted by molar-refractivity contribution is 5.85. The molecule has 5 nitrogen and oxygen atoms in total. The third-order valence-electron chi connectivity index (χ3n) is 3.53. The molecular formula is C15H14ClN5. The normalized spacial score (nSPS) is 12.2. The number of hydrogen-bond donors (Lipinski definition) is 2. The predicted octanol–water partition coefficient (Wildman–Crippen LogP) is 2.96. The summed E-state index contributed by atoms with van der Waals surface area (Å²) in [7, 11) is 0. The molecule has 0 spiro atoms. The average Bonchev–Trinajstić information content (AvgIpc) is 3.13. The van der Waals surface area contributed by atoms with Crippen molar-refractivity contribution >= 4 is 35.5 Å². The highest BCUT2D eigenvalue weighted by Crippen LogP contribution is 2.21. The SMILES string of the molecule is C1=Cc2cc(CNc3ncnc4nc[nH]c34)ccc2C1.Cl. The van der Waals surface area contributed by atoms with Crippen LogP contribution in [0.25, 0.3) is 17.2 Å². The quantitative estimate of drug-likeness (QED) is 0.780. The summed E-state index contributed by atoms with van der Waals surface area (Å²) in [5, 5.41) is 3.33. The van der Waals surface area contributed by atoms with E-state index in [9.17, 15) is 0 Å². The zero-order valence-electron chi connectivity index (χ0n) is 11.2. The van der Waals surface area contributed by atoms with E-state index in [-0.39, 0.29) is 12.4 Å². The van der Waals surface area contributed by atoms with Crippen LogP contribution in [0.15, 0.2) is 36.9 Å². The molecule has 0 unspecified atom stereocenters. The molecule has 0 saturated carbocycles. The molecule has 106 valence electrons. The van der Waals surface area contributed by atoms with Gasteiger partial charge in [0.25, 0.3) is 0 Å². The van der Waals surface area contributed by atoms with Crippen molar-refractivity contribution in [2.45, 2.75) is 13.0 Å². The third-order valence-corrected chi connectivity index (χ3v) is 3.53. The van der Waals surface area contributed by atoms with E-state index in [2.05, 4.69) is 55.6 Å². The summed E-state index contributed by atoms with van der Waals surface area (Å²) in [6.07, 6.45) is 8.57. The summed E-state index contributed by atoms with van der Waals surface area (Å²) in [5.41, 5.74) is 5.47. The van der Waals surface area contributed by atoms with E-state index in [1.54, 1.807) is 6.33 Å². The Labute approximate surface area is 128 Å². The molecule has 4 rings (SSSR count). The summed E-state index contributed by atoms with van der Waals surface area (Å²) in [5.74, 6) is 0.781. The molecule has 0 aliphatic heterocycles. The van der Waals surface area contributed by atoms with Crippen molar-refractivity contribution < 1.29 is 0 Å². The van der Waals surface area contributed by atoms with Gasteiger partial charge in [-0.15, -0.1) is 12.4 Å². The maximum Gasteiger partial charge on any atom is 0.182 e. The molecule has 0 radical (unpaired) electrons. The number of aromatic nitrogens is 4. The lowest BCUT2D eigenvalue weighted by molar-refractivity contribution is 1.09. The number of halogens is 1. The van der Waals surface area contributed by atoms with E-state index in [1.165, 1.54) is 23.0 Å². The molecule has 3 aromatic rings. The second-order valence-electron chi connectivity index (χ2n) is 4.82. The topological polar surface area (TPSA) is 66.5 Å². The van der Waals surface area contributed by atoms with Gasteiger partial charge in [0.15, 0.2) is 11.5 Å². The Hall–Kier alpha value is -2.40. The van der Waals surface area contributed by atoms with E-state index in [4.69, 9.17) is 0 Å². The van der Waals surface area contributed by atoms with E-state index >= 15 is 0 Å². The number of aromatic amines is 1. The number of rotatable bonds is 3. The van der Waals surface area contributed by atoms with Crippen LogP contribution in [0.5, 0.6) is 0 Å². The fourth-order valence-corrected chi connectivity index (χ4v) is 2.49. The maximum atomic E-state index is 4.26. The number of hydrogen-bond acceptors (Lipinski definition) is 4. The summed E-state index contributed by atoms with van der Waals surface area (Å²) >= 11 is 0. The number of nitrogens with zero attached hydrogens (tertiary/aromatic N) is 3. The Balaban J connectivity index is 0.00000132. The van der Waals surface area contributed by atoms with Crippen LogP contribution in [0.3, 0.4) is 0 Å². The molecule has 1 aliphatic carbocycles. The van der Waals surface area contributed by atoms with E-state index < -0.39 is 0 Å². The molecule has 0 fully saturated rings. The highest BCUT2D eigenvalue weighted by atomic mass is 35.5. The second-order valence-corrected chi connectivity index (χ2v) is 4.82. The Kier molecular flexibility index (Phi) is 3.58. The van der Waals surface area contributed by atoms with Gasteiger partial charge in [-0.2, -0.15) is 0 Å². The van der Waals surface area contributed by atoms with Gasteiger partial charge in [0.1, 0.15) is 11.8 Å². The zero-order valence-corrected chi connectivity index (χ0v) is 12.0. The number of benzene rings is 1. The number of imidazole rings is 1. The standard InChI is InChI=1S/C15H13N5.ClH/c1-2-11-5-4-10(6-12(11)3-1)7-16-14-13-15(18-8-17-13)20-9-19-14;/h1,3-6,8-9H,2,7H2,(H2,16,17,18,19,20);1H. The lowest BCUT2D eigenvalue weighted by atomic mass is 10.1. The first-order chi connectivity index (χ1) is 9.90. The lowest BCUT2D eigenvalue weighted by Crippen LogP contribution is -2.03. The minimum absolute atomic E-state index is 0. The number of allylic oxidation sites excluding steroid dienone is 1. The van der Waals surface area contributed by atoms with Gasteiger partial charge in [0, 0.05) is 6.54 Å². The summed E-state index contributed by atoms with van der Waals surface area (Å²) in [4.78, 5) is 15.5. The summed E-state index contributed by atoms with van der Waals surface area (Å²) in [6.45, 7) is 0.728. The molecule has 0 amide bonds. The van der Waals surface area contributed by atoms with Gasteiger partial charge in [-0.3, -0.25) is 0 Å². The largest absolute Gasteiger partial charge is 0.364 e. The van der Waals surface area contributed by atoms with Gasteiger partial charge in [-0.05, 0) is 29.2 Å². The van der Waals surface area contributed by atoms with Crippen molar-refractivity contribution in [2.24, 2.45) is 0 Å². The van der Waals surface area contributed by atoms with Crippen LogP contribution in [0.1, 0.15) is 16.7 Å². The Morgan fingerprint density at radius 1 is 1.19 bits per heavy atom. The second kappa shape index (κ2) is 5.54. The molecule has 1 aliphatic rings. The van der Waals surface area contributed by atoms with E-state index in [0.717, 1.165) is 24.3 Å². The van der Waals surface area contributed by atoms with Gasteiger partial charge < -0.3 is 10.3 Å². The summed E-state index contributed by atoms with van der Waals surface area (Å²) < 4.78 is 0. The minimum atomic E-state index is 0. The van der Waals surface area contributed by atoms with E-state index in [1.807, 2.05) is 0 Å². The predicted molar refractivity (Wildman–Crippen MR) is 85.4 cm³/mol. The molecule has 2 N–H and O–H groups in total. The molecule has 0 bridgehead atoms. The van der Waals surface area contributed by atoms with Gasteiger partial charge in [-0.25, -0.2) is 15.0 Å². The third kappa shape index (κ3) is 2.48. The molecule has 0 saturated heterocycles. The van der Waals surface area contributed by atoms with Crippen molar-refractivity contribution in [2.75, 3.05) is 5.32 Å². The van der Waals surface area contributed by atoms with Crippen LogP contribution in [0.4, 0.5) is 5.82 Å². The molecule has 2 aromatic heterocycles. The minimum Gasteiger partial charge on any atom is -0.364 e. The lowest BCUT2D eigenvalue weighted by Gasteiger charge is -2.07. The van der Waals surface area contributed by atoms with Crippen LogP contribution in [0, 0.1) is 0 Å². The van der Waals surface area contributed by atoms with Crippen molar-refractivity contribution in [3.05, 3.63) is 53.6 Å². The van der Waals surface area contributed by atoms with Crippen LogP contribution in [-0.4, -0.2) is 19.9 Å². The molecule has 6 heteroatoms. The highest BCUT2D eigenvalue weighted by Gasteiger charge is 2.07. The first-order valence-electron chi connectivity index (χ1n) is 6.56. The Morgan fingerprint density at radius 3 is 3.10 bits per heavy atom. The van der Waals surface area contributed by atoms with Gasteiger partial charge in [0.2, 0.25) is 0 Å². The van der Waals surface area contributed by atoms with Crippen molar-refractivity contribution in [3.8, 4) is 0 Å². The average molecular weight is 300 g/mol. The molecular weight excluding hydrogens is 286 g/mol. The Bertz CT molecular complexity index is 809. The molecule has 21 heavy (non-hydrogen) atoms. The van der Waals surface area contributed by atoms with Gasteiger partial charge in [-0.1, -0.05) is 24.3 Å². The first kappa shape index (κ1) is 13.6. The number of anilines is 1. The van der Waals surface area contributed by atoms with Crippen molar-refractivity contribution in [3.63, 3.8) is 0 Å². The van der Waals surface area contributed by atoms with Gasteiger partial charge >= 0.3 is 0 Å². The fourth-order valence-electron chi connectivity index (χ4n) is 2.49. The molecule has 0 atom stereocenters. The maximum absolute atomic E-state index is 4.26. The van der Waals surface area contributed by atoms with Crippen LogP contribution in [0.2, 0.25) is 0 Å². The fraction of sp³-hybridized carbons (Fsp3) is 0.133. The summed E-state index contributed by atoms with van der Waals surface area (Å²) in [6, 6.07) is 6.57. The van der Waals surface area contributed by atoms with Crippen LogP contribution < -0.4 is 5.32 Å². The molecule has 1 aromatic carbocycles. The van der Waals surface area contributed by atoms with Gasteiger partial charge in [0.05, 0.1) is 6.33 Å². The zero-order chi connectivity index (χ0) is 13.4. The smallest absolute Gasteiger partial charge is 0.182 e. The monoisotopic (exact) mass is 299 g/mol.